The molecule has 0 aliphatic heterocycles. The van der Waals surface area contributed by atoms with Crippen molar-refractivity contribution in [2.24, 2.45) is 0 Å². The molecular weight excluding hydrogens is 289 g/mol. The van der Waals surface area contributed by atoms with Gasteiger partial charge in [-0.1, -0.05) is 35.9 Å². The van der Waals surface area contributed by atoms with Gasteiger partial charge in [0.15, 0.2) is 0 Å². The molecule has 0 aliphatic rings. The van der Waals surface area contributed by atoms with E-state index in [-0.39, 0.29) is 0 Å². The third kappa shape index (κ3) is 3.32. The van der Waals surface area contributed by atoms with Crippen molar-refractivity contribution >= 4 is 11.6 Å². The summed E-state index contributed by atoms with van der Waals surface area (Å²) in [6.07, 6.45) is -4.75. The number of methoxy groups -OCH3 is 1. The third-order valence-electron chi connectivity index (χ3n) is 2.95. The lowest BCUT2D eigenvalue weighted by Crippen LogP contribution is -2.07. The van der Waals surface area contributed by atoms with Crippen LogP contribution in [0.2, 0.25) is 5.02 Å². The molecule has 2 rings (SSSR count). The van der Waals surface area contributed by atoms with Crippen molar-refractivity contribution in [3.8, 4) is 0 Å². The highest BCUT2D eigenvalue weighted by molar-refractivity contribution is 6.30. The summed E-state index contributed by atoms with van der Waals surface area (Å²) in [6.45, 7) is 0. The van der Waals surface area contributed by atoms with Crippen LogP contribution in [0, 0.1) is 0 Å². The van der Waals surface area contributed by atoms with Gasteiger partial charge in [-0.3, -0.25) is 0 Å². The lowest BCUT2D eigenvalue weighted by atomic mass is 10.00. The predicted octanol–water partition coefficient (Wildman–Crippen LogP) is 5.09. The molecular formula is C15H12ClF3O. The van der Waals surface area contributed by atoms with Gasteiger partial charge in [0.2, 0.25) is 0 Å². The number of benzene rings is 2. The topological polar surface area (TPSA) is 9.23 Å². The fourth-order valence-electron chi connectivity index (χ4n) is 1.95. The molecule has 0 saturated carbocycles. The van der Waals surface area contributed by atoms with E-state index in [1.807, 2.05) is 0 Å². The van der Waals surface area contributed by atoms with Gasteiger partial charge >= 0.3 is 6.18 Å². The average molecular weight is 301 g/mol. The Morgan fingerprint density at radius 2 is 1.35 bits per heavy atom. The first-order chi connectivity index (χ1) is 9.41. The number of hydrogen-bond acceptors (Lipinski definition) is 1. The van der Waals surface area contributed by atoms with E-state index < -0.39 is 17.8 Å². The standard InChI is InChI=1S/C15H12ClF3O/c1-20-14(11-4-8-13(16)9-5-11)10-2-6-12(7-3-10)15(17,18)19/h2-9,14H,1H3. The van der Waals surface area contributed by atoms with Gasteiger partial charge in [0.1, 0.15) is 6.10 Å². The highest BCUT2D eigenvalue weighted by Gasteiger charge is 2.30. The zero-order chi connectivity index (χ0) is 14.8. The molecule has 0 heterocycles. The van der Waals surface area contributed by atoms with Crippen molar-refractivity contribution in [3.63, 3.8) is 0 Å². The van der Waals surface area contributed by atoms with Crippen LogP contribution in [0.3, 0.4) is 0 Å². The normalized spacial score (nSPS) is 13.2. The molecule has 0 fully saturated rings. The maximum Gasteiger partial charge on any atom is 0.416 e. The summed E-state index contributed by atoms with van der Waals surface area (Å²) in [5.74, 6) is 0. The zero-order valence-corrected chi connectivity index (χ0v) is 11.4. The van der Waals surface area contributed by atoms with Crippen molar-refractivity contribution in [2.75, 3.05) is 7.11 Å². The molecule has 0 spiro atoms. The monoisotopic (exact) mass is 300 g/mol. The van der Waals surface area contributed by atoms with Crippen molar-refractivity contribution in [2.45, 2.75) is 12.3 Å². The molecule has 20 heavy (non-hydrogen) atoms. The second-order valence-electron chi connectivity index (χ2n) is 4.29. The Balaban J connectivity index is 2.30. The molecule has 1 nitrogen and oxygen atoms in total. The Kier molecular flexibility index (Phi) is 4.35. The first-order valence-electron chi connectivity index (χ1n) is 5.87. The van der Waals surface area contributed by atoms with Crippen molar-refractivity contribution < 1.29 is 17.9 Å². The molecule has 0 aromatic heterocycles. The molecule has 1 atom stereocenters. The van der Waals surface area contributed by atoms with E-state index in [1.54, 1.807) is 24.3 Å². The highest BCUT2D eigenvalue weighted by atomic mass is 35.5. The minimum atomic E-state index is -4.33. The van der Waals surface area contributed by atoms with E-state index in [4.69, 9.17) is 16.3 Å². The first kappa shape index (κ1) is 14.9. The quantitative estimate of drug-likeness (QED) is 0.767. The molecule has 0 radical (unpaired) electrons. The highest BCUT2D eigenvalue weighted by Crippen LogP contribution is 2.32. The first-order valence-corrected chi connectivity index (χ1v) is 6.25. The van der Waals surface area contributed by atoms with Crippen molar-refractivity contribution in [3.05, 3.63) is 70.2 Å². The molecule has 1 unspecified atom stereocenters. The predicted molar refractivity (Wildman–Crippen MR) is 71.7 cm³/mol. The van der Waals surface area contributed by atoms with E-state index >= 15 is 0 Å². The van der Waals surface area contributed by atoms with Crippen LogP contribution in [-0.4, -0.2) is 7.11 Å². The summed E-state index contributed by atoms with van der Waals surface area (Å²) in [4.78, 5) is 0. The van der Waals surface area contributed by atoms with Gasteiger partial charge in [-0.05, 0) is 35.4 Å². The molecule has 0 bridgehead atoms. The Bertz CT molecular complexity index is 561. The van der Waals surface area contributed by atoms with Crippen LogP contribution in [0.1, 0.15) is 22.8 Å². The number of ether oxygens (including phenoxy) is 1. The fraction of sp³-hybridized carbons (Fsp3) is 0.200. The smallest absolute Gasteiger partial charge is 0.372 e. The number of hydrogen-bond donors (Lipinski definition) is 0. The lowest BCUT2D eigenvalue weighted by Gasteiger charge is -2.17. The van der Waals surface area contributed by atoms with Crippen LogP contribution in [-0.2, 0) is 10.9 Å². The summed E-state index contributed by atoms with van der Waals surface area (Å²) in [7, 11) is 1.51. The van der Waals surface area contributed by atoms with Gasteiger partial charge in [-0.2, -0.15) is 13.2 Å². The summed E-state index contributed by atoms with van der Waals surface area (Å²) in [5.41, 5.74) is 0.812. The molecule has 0 aliphatic carbocycles. The minimum Gasteiger partial charge on any atom is -0.372 e. The SMILES string of the molecule is COC(c1ccc(Cl)cc1)c1ccc(C(F)(F)F)cc1. The van der Waals surface area contributed by atoms with Crippen LogP contribution < -0.4 is 0 Å². The number of rotatable bonds is 3. The van der Waals surface area contributed by atoms with Gasteiger partial charge < -0.3 is 4.74 Å². The maximum atomic E-state index is 12.5. The van der Waals surface area contributed by atoms with E-state index in [2.05, 4.69) is 0 Å². The molecule has 0 saturated heterocycles. The van der Waals surface area contributed by atoms with Gasteiger partial charge in [0, 0.05) is 12.1 Å². The number of alkyl halides is 3. The van der Waals surface area contributed by atoms with Crippen molar-refractivity contribution in [1.82, 2.24) is 0 Å². The zero-order valence-electron chi connectivity index (χ0n) is 10.6. The van der Waals surface area contributed by atoms with Crippen LogP contribution >= 0.6 is 11.6 Å². The van der Waals surface area contributed by atoms with Crippen LogP contribution in [0.25, 0.3) is 0 Å². The van der Waals surface area contributed by atoms with E-state index in [0.717, 1.165) is 17.7 Å². The second-order valence-corrected chi connectivity index (χ2v) is 4.72. The Morgan fingerprint density at radius 3 is 1.75 bits per heavy atom. The van der Waals surface area contributed by atoms with Gasteiger partial charge in [0.05, 0.1) is 5.56 Å². The largest absolute Gasteiger partial charge is 0.416 e. The molecule has 0 amide bonds. The summed E-state index contributed by atoms with van der Waals surface area (Å²) in [6, 6.07) is 12.0. The van der Waals surface area contributed by atoms with Gasteiger partial charge in [-0.25, -0.2) is 0 Å². The summed E-state index contributed by atoms with van der Waals surface area (Å²) < 4.78 is 42.9. The minimum absolute atomic E-state index is 0.422. The Morgan fingerprint density at radius 1 is 0.900 bits per heavy atom. The molecule has 5 heteroatoms. The van der Waals surface area contributed by atoms with Crippen LogP contribution in [0.15, 0.2) is 48.5 Å². The summed E-state index contributed by atoms with van der Waals surface area (Å²) >= 11 is 5.81. The van der Waals surface area contributed by atoms with E-state index in [9.17, 15) is 13.2 Å². The molecule has 2 aromatic carbocycles. The molecule has 2 aromatic rings. The Hall–Kier alpha value is -1.52. The van der Waals surface area contributed by atoms with Crippen LogP contribution in [0.4, 0.5) is 13.2 Å². The van der Waals surface area contributed by atoms with Crippen molar-refractivity contribution in [1.29, 1.82) is 0 Å². The van der Waals surface area contributed by atoms with Gasteiger partial charge in [-0.15, -0.1) is 0 Å². The second kappa shape index (κ2) is 5.85. The third-order valence-corrected chi connectivity index (χ3v) is 3.20. The van der Waals surface area contributed by atoms with Crippen LogP contribution in [0.5, 0.6) is 0 Å². The molecule has 0 N–H and O–H groups in total. The maximum absolute atomic E-state index is 12.5. The fourth-order valence-corrected chi connectivity index (χ4v) is 2.08. The van der Waals surface area contributed by atoms with E-state index in [0.29, 0.717) is 10.6 Å². The molecule has 106 valence electrons. The van der Waals surface area contributed by atoms with E-state index in [1.165, 1.54) is 19.2 Å². The summed E-state index contributed by atoms with van der Waals surface area (Å²) in [5, 5.41) is 0.594. The number of halogens is 4. The average Bonchev–Trinajstić information content (AvgIpc) is 2.41. The lowest BCUT2D eigenvalue weighted by molar-refractivity contribution is -0.137. The van der Waals surface area contributed by atoms with Gasteiger partial charge in [0.25, 0.3) is 0 Å². The Labute approximate surface area is 119 Å².